The summed E-state index contributed by atoms with van der Waals surface area (Å²) in [5.41, 5.74) is 6.22. The number of hydrogen-bond donors (Lipinski definition) is 0. The third kappa shape index (κ3) is 2.53. The second kappa shape index (κ2) is 5.14. The monoisotopic (exact) mass is 282 g/mol. The Morgan fingerprint density at radius 3 is 2.38 bits per heavy atom. The van der Waals surface area contributed by atoms with Gasteiger partial charge in [0.05, 0.1) is 11.6 Å². The summed E-state index contributed by atoms with van der Waals surface area (Å²) in [6.45, 7) is 8.47. The Balaban J connectivity index is 2.11. The second-order valence-electron chi connectivity index (χ2n) is 6.38. The molecule has 1 aliphatic carbocycles. The molecule has 1 fully saturated rings. The summed E-state index contributed by atoms with van der Waals surface area (Å²) in [4.78, 5) is 11.5. The standard InChI is InChI=1S/C18H22N2O/c1-11-7-12(2)17(13(3)8-11)18-16(10-21)9-20(19-18)14(4)15-5-6-15/h7-10,14-15H,5-6H2,1-4H3. The summed E-state index contributed by atoms with van der Waals surface area (Å²) >= 11 is 0. The Kier molecular flexibility index (Phi) is 3.44. The highest BCUT2D eigenvalue weighted by Crippen LogP contribution is 2.40. The molecular weight excluding hydrogens is 260 g/mol. The van der Waals surface area contributed by atoms with E-state index in [9.17, 15) is 4.79 Å². The fourth-order valence-electron chi connectivity index (χ4n) is 3.24. The van der Waals surface area contributed by atoms with Crippen LogP contribution < -0.4 is 0 Å². The number of carbonyl (C=O) groups excluding carboxylic acids is 1. The minimum Gasteiger partial charge on any atom is -0.298 e. The highest BCUT2D eigenvalue weighted by Gasteiger charge is 2.30. The average molecular weight is 282 g/mol. The largest absolute Gasteiger partial charge is 0.298 e. The Hall–Kier alpha value is -1.90. The summed E-state index contributed by atoms with van der Waals surface area (Å²) in [5, 5.41) is 4.75. The van der Waals surface area contributed by atoms with Gasteiger partial charge in [-0.3, -0.25) is 9.48 Å². The predicted molar refractivity (Wildman–Crippen MR) is 84.7 cm³/mol. The number of benzene rings is 1. The number of carbonyl (C=O) groups is 1. The molecule has 1 aromatic heterocycles. The van der Waals surface area contributed by atoms with Crippen LogP contribution in [0.25, 0.3) is 11.3 Å². The molecule has 1 unspecified atom stereocenters. The maximum atomic E-state index is 11.5. The summed E-state index contributed by atoms with van der Waals surface area (Å²) in [7, 11) is 0. The number of aromatic nitrogens is 2. The minimum atomic E-state index is 0.378. The quantitative estimate of drug-likeness (QED) is 0.785. The van der Waals surface area contributed by atoms with Crippen molar-refractivity contribution < 1.29 is 4.79 Å². The van der Waals surface area contributed by atoms with Gasteiger partial charge in [-0.2, -0.15) is 5.10 Å². The maximum absolute atomic E-state index is 11.5. The van der Waals surface area contributed by atoms with E-state index in [0.717, 1.165) is 23.5 Å². The van der Waals surface area contributed by atoms with Gasteiger partial charge in [0.15, 0.2) is 6.29 Å². The Morgan fingerprint density at radius 2 is 1.86 bits per heavy atom. The van der Waals surface area contributed by atoms with E-state index < -0.39 is 0 Å². The molecule has 1 atom stereocenters. The van der Waals surface area contributed by atoms with Crippen LogP contribution in [0.2, 0.25) is 0 Å². The predicted octanol–water partition coefficient (Wildman–Crippen LogP) is 4.26. The first kappa shape index (κ1) is 14.1. The van der Waals surface area contributed by atoms with Gasteiger partial charge in [-0.05, 0) is 57.6 Å². The van der Waals surface area contributed by atoms with Gasteiger partial charge in [0, 0.05) is 11.8 Å². The number of hydrogen-bond acceptors (Lipinski definition) is 2. The van der Waals surface area contributed by atoms with Crippen LogP contribution in [0.15, 0.2) is 18.3 Å². The van der Waals surface area contributed by atoms with Gasteiger partial charge in [-0.25, -0.2) is 0 Å². The van der Waals surface area contributed by atoms with Crippen LogP contribution in [0.1, 0.15) is 52.9 Å². The Labute approximate surface area is 126 Å². The van der Waals surface area contributed by atoms with E-state index in [1.165, 1.54) is 29.5 Å². The van der Waals surface area contributed by atoms with Gasteiger partial charge in [-0.15, -0.1) is 0 Å². The lowest BCUT2D eigenvalue weighted by Crippen LogP contribution is -2.07. The molecule has 1 aromatic carbocycles. The van der Waals surface area contributed by atoms with Crippen molar-refractivity contribution in [2.45, 2.75) is 46.6 Å². The summed E-state index contributed by atoms with van der Waals surface area (Å²) in [6, 6.07) is 4.68. The first-order chi connectivity index (χ1) is 10.0. The highest BCUT2D eigenvalue weighted by atomic mass is 16.1. The third-order valence-electron chi connectivity index (χ3n) is 4.52. The van der Waals surface area contributed by atoms with Crippen molar-refractivity contribution in [3.8, 4) is 11.3 Å². The topological polar surface area (TPSA) is 34.9 Å². The molecule has 110 valence electrons. The van der Waals surface area contributed by atoms with E-state index in [1.54, 1.807) is 0 Å². The Morgan fingerprint density at radius 1 is 1.24 bits per heavy atom. The molecule has 0 amide bonds. The molecule has 2 aromatic rings. The SMILES string of the molecule is Cc1cc(C)c(-c2nn(C(C)C3CC3)cc2C=O)c(C)c1. The molecule has 21 heavy (non-hydrogen) atoms. The van der Waals surface area contributed by atoms with Crippen molar-refractivity contribution in [3.05, 3.63) is 40.6 Å². The number of rotatable bonds is 4. The van der Waals surface area contributed by atoms with E-state index in [1.807, 2.05) is 10.9 Å². The summed E-state index contributed by atoms with van der Waals surface area (Å²) in [5.74, 6) is 0.720. The van der Waals surface area contributed by atoms with Crippen molar-refractivity contribution in [1.82, 2.24) is 9.78 Å². The van der Waals surface area contributed by atoms with Crippen molar-refractivity contribution in [2.24, 2.45) is 5.92 Å². The summed E-state index contributed by atoms with van der Waals surface area (Å²) < 4.78 is 1.98. The smallest absolute Gasteiger partial charge is 0.153 e. The van der Waals surface area contributed by atoms with Gasteiger partial charge in [0.1, 0.15) is 5.69 Å². The second-order valence-corrected chi connectivity index (χ2v) is 6.38. The van der Waals surface area contributed by atoms with Crippen LogP contribution >= 0.6 is 0 Å². The van der Waals surface area contributed by atoms with Crippen LogP contribution in [0.3, 0.4) is 0 Å². The molecule has 0 saturated heterocycles. The van der Waals surface area contributed by atoms with Crippen LogP contribution in [0.5, 0.6) is 0 Å². The van der Waals surface area contributed by atoms with Gasteiger partial charge in [-0.1, -0.05) is 17.7 Å². The first-order valence-electron chi connectivity index (χ1n) is 7.63. The lowest BCUT2D eigenvalue weighted by molar-refractivity contribution is 0.112. The van der Waals surface area contributed by atoms with Gasteiger partial charge >= 0.3 is 0 Å². The molecule has 0 radical (unpaired) electrons. The minimum absolute atomic E-state index is 0.378. The van der Waals surface area contributed by atoms with Crippen LogP contribution in [0, 0.1) is 26.7 Å². The van der Waals surface area contributed by atoms with E-state index in [-0.39, 0.29) is 0 Å². The fourth-order valence-corrected chi connectivity index (χ4v) is 3.24. The molecule has 3 rings (SSSR count). The van der Waals surface area contributed by atoms with Gasteiger partial charge < -0.3 is 0 Å². The molecule has 1 aliphatic rings. The van der Waals surface area contributed by atoms with Crippen LogP contribution in [-0.2, 0) is 0 Å². The third-order valence-corrected chi connectivity index (χ3v) is 4.52. The zero-order chi connectivity index (χ0) is 15.1. The van der Waals surface area contributed by atoms with Crippen LogP contribution in [-0.4, -0.2) is 16.1 Å². The highest BCUT2D eigenvalue weighted by molar-refractivity contribution is 5.87. The molecule has 0 N–H and O–H groups in total. The van der Waals surface area contributed by atoms with Gasteiger partial charge in [0.2, 0.25) is 0 Å². The fraction of sp³-hybridized carbons (Fsp3) is 0.444. The molecule has 0 aliphatic heterocycles. The van der Waals surface area contributed by atoms with Crippen molar-refractivity contribution in [3.63, 3.8) is 0 Å². The lowest BCUT2D eigenvalue weighted by atomic mass is 9.96. The van der Waals surface area contributed by atoms with Crippen LogP contribution in [0.4, 0.5) is 0 Å². The Bertz CT molecular complexity index is 672. The average Bonchev–Trinajstić information content (AvgIpc) is 3.18. The molecule has 1 heterocycles. The normalized spacial score (nSPS) is 16.0. The molecule has 0 bridgehead atoms. The van der Waals surface area contributed by atoms with E-state index >= 15 is 0 Å². The molecular formula is C18H22N2O. The van der Waals surface area contributed by atoms with E-state index in [0.29, 0.717) is 11.6 Å². The van der Waals surface area contributed by atoms with Gasteiger partial charge in [0.25, 0.3) is 0 Å². The zero-order valence-electron chi connectivity index (χ0n) is 13.2. The molecule has 3 heteroatoms. The van der Waals surface area contributed by atoms with Crippen molar-refractivity contribution in [1.29, 1.82) is 0 Å². The molecule has 3 nitrogen and oxygen atoms in total. The number of aryl methyl sites for hydroxylation is 3. The summed E-state index contributed by atoms with van der Waals surface area (Å²) in [6.07, 6.45) is 5.38. The first-order valence-corrected chi connectivity index (χ1v) is 7.63. The van der Waals surface area contributed by atoms with Crippen molar-refractivity contribution >= 4 is 6.29 Å². The number of nitrogens with zero attached hydrogens (tertiary/aromatic N) is 2. The number of aldehydes is 1. The maximum Gasteiger partial charge on any atom is 0.153 e. The van der Waals surface area contributed by atoms with E-state index in [2.05, 4.69) is 39.8 Å². The zero-order valence-corrected chi connectivity index (χ0v) is 13.2. The van der Waals surface area contributed by atoms with Crippen molar-refractivity contribution in [2.75, 3.05) is 0 Å². The molecule has 1 saturated carbocycles. The lowest BCUT2D eigenvalue weighted by Gasteiger charge is -2.11. The molecule has 0 spiro atoms. The van der Waals surface area contributed by atoms with E-state index in [4.69, 9.17) is 5.10 Å².